The minimum absolute atomic E-state index is 0.0984. The van der Waals surface area contributed by atoms with Gasteiger partial charge in [-0.3, -0.25) is 4.31 Å². The molecule has 0 bridgehead atoms. The first-order valence-electron chi connectivity index (χ1n) is 7.68. The lowest BCUT2D eigenvalue weighted by Crippen LogP contribution is -2.38. The highest BCUT2D eigenvalue weighted by Gasteiger charge is 2.20. The van der Waals surface area contributed by atoms with Gasteiger partial charge in [-0.05, 0) is 36.8 Å². The van der Waals surface area contributed by atoms with Gasteiger partial charge < -0.3 is 0 Å². The van der Waals surface area contributed by atoms with E-state index in [0.717, 1.165) is 10.6 Å². The van der Waals surface area contributed by atoms with E-state index in [1.54, 1.807) is 43.3 Å². The molecule has 0 spiro atoms. The zero-order chi connectivity index (χ0) is 19.4. The van der Waals surface area contributed by atoms with Crippen LogP contribution in [0.15, 0.2) is 53.4 Å². The molecular weight excluding hydrogens is 374 g/mol. The van der Waals surface area contributed by atoms with Crippen LogP contribution in [0.5, 0.6) is 0 Å². The molecule has 138 valence electrons. The Morgan fingerprint density at radius 2 is 1.77 bits per heavy atom. The van der Waals surface area contributed by atoms with Gasteiger partial charge in [0.05, 0.1) is 28.5 Å². The van der Waals surface area contributed by atoms with Crippen molar-refractivity contribution >= 4 is 25.7 Å². The topological polar surface area (TPSA) is 107 Å². The van der Waals surface area contributed by atoms with Crippen LogP contribution >= 0.6 is 0 Å². The van der Waals surface area contributed by atoms with E-state index in [1.165, 1.54) is 12.1 Å². The third-order valence-electron chi connectivity index (χ3n) is 3.65. The molecule has 0 unspecified atom stereocenters. The molecule has 0 aromatic heterocycles. The van der Waals surface area contributed by atoms with Crippen molar-refractivity contribution in [1.82, 2.24) is 4.72 Å². The van der Waals surface area contributed by atoms with E-state index in [4.69, 9.17) is 5.26 Å². The number of nitriles is 1. The zero-order valence-corrected chi connectivity index (χ0v) is 16.0. The molecule has 2 rings (SSSR count). The monoisotopic (exact) mass is 393 g/mol. The van der Waals surface area contributed by atoms with E-state index >= 15 is 0 Å². The maximum Gasteiger partial charge on any atom is 0.240 e. The quantitative estimate of drug-likeness (QED) is 0.769. The maximum atomic E-state index is 12.4. The van der Waals surface area contributed by atoms with Gasteiger partial charge >= 0.3 is 0 Å². The second-order valence-corrected chi connectivity index (χ2v) is 9.30. The van der Waals surface area contributed by atoms with Gasteiger partial charge in [-0.1, -0.05) is 24.3 Å². The van der Waals surface area contributed by atoms with E-state index in [-0.39, 0.29) is 18.0 Å². The van der Waals surface area contributed by atoms with Crippen LogP contribution in [-0.2, 0) is 20.0 Å². The van der Waals surface area contributed by atoms with Crippen molar-refractivity contribution in [1.29, 1.82) is 5.26 Å². The van der Waals surface area contributed by atoms with E-state index < -0.39 is 20.0 Å². The van der Waals surface area contributed by atoms with Crippen LogP contribution in [0.4, 0.5) is 5.69 Å². The van der Waals surface area contributed by atoms with Crippen molar-refractivity contribution in [2.75, 3.05) is 23.7 Å². The molecule has 0 saturated heterocycles. The Morgan fingerprint density at radius 1 is 1.08 bits per heavy atom. The van der Waals surface area contributed by atoms with Gasteiger partial charge in [0, 0.05) is 13.1 Å². The highest BCUT2D eigenvalue weighted by Crippen LogP contribution is 2.19. The SMILES string of the molecule is Cc1ccccc1S(=O)(=O)NCCN(c1cccc(C#N)c1)S(C)(=O)=O. The lowest BCUT2D eigenvalue weighted by molar-refractivity contribution is 0.578. The number of hydrogen-bond acceptors (Lipinski definition) is 5. The number of nitrogens with zero attached hydrogens (tertiary/aromatic N) is 2. The summed E-state index contributed by atoms with van der Waals surface area (Å²) >= 11 is 0. The summed E-state index contributed by atoms with van der Waals surface area (Å²) in [4.78, 5) is 0.150. The third-order valence-corrected chi connectivity index (χ3v) is 6.47. The molecule has 0 heterocycles. The highest BCUT2D eigenvalue weighted by molar-refractivity contribution is 7.92. The van der Waals surface area contributed by atoms with Crippen LogP contribution in [-0.4, -0.2) is 36.2 Å². The number of aryl methyl sites for hydroxylation is 1. The number of rotatable bonds is 7. The van der Waals surface area contributed by atoms with Crippen LogP contribution in [0.3, 0.4) is 0 Å². The summed E-state index contributed by atoms with van der Waals surface area (Å²) in [7, 11) is -7.40. The molecule has 2 aromatic rings. The fourth-order valence-electron chi connectivity index (χ4n) is 2.43. The number of anilines is 1. The van der Waals surface area contributed by atoms with Gasteiger partial charge in [-0.2, -0.15) is 5.26 Å². The molecule has 26 heavy (non-hydrogen) atoms. The molecule has 1 N–H and O–H groups in total. The van der Waals surface area contributed by atoms with Gasteiger partial charge in [0.15, 0.2) is 0 Å². The van der Waals surface area contributed by atoms with Crippen molar-refractivity contribution in [3.05, 3.63) is 59.7 Å². The van der Waals surface area contributed by atoms with Gasteiger partial charge in [0.2, 0.25) is 20.0 Å². The summed E-state index contributed by atoms with van der Waals surface area (Å²) in [6.45, 7) is 1.48. The summed E-state index contributed by atoms with van der Waals surface area (Å²) in [5.41, 5.74) is 1.22. The molecule has 0 aliphatic rings. The van der Waals surface area contributed by atoms with Crippen LogP contribution in [0.2, 0.25) is 0 Å². The standard InChI is InChI=1S/C17H19N3O4S2/c1-14-6-3-4-9-17(14)26(23,24)19-10-11-20(25(2,21)22)16-8-5-7-15(12-16)13-18/h3-9,12,19H,10-11H2,1-2H3. The maximum absolute atomic E-state index is 12.4. The molecule has 2 aromatic carbocycles. The fourth-order valence-corrected chi connectivity index (χ4v) is 4.62. The number of benzene rings is 2. The van der Waals surface area contributed by atoms with Gasteiger partial charge in [0.1, 0.15) is 0 Å². The van der Waals surface area contributed by atoms with Crippen molar-refractivity contribution in [2.24, 2.45) is 0 Å². The Morgan fingerprint density at radius 3 is 2.38 bits per heavy atom. The first-order valence-corrected chi connectivity index (χ1v) is 11.0. The van der Waals surface area contributed by atoms with Crippen LogP contribution in [0.1, 0.15) is 11.1 Å². The molecule has 0 fully saturated rings. The Bertz CT molecular complexity index is 1040. The first kappa shape index (κ1) is 19.9. The van der Waals surface area contributed by atoms with Crippen LogP contribution in [0, 0.1) is 18.3 Å². The van der Waals surface area contributed by atoms with Crippen molar-refractivity contribution < 1.29 is 16.8 Å². The van der Waals surface area contributed by atoms with Crippen molar-refractivity contribution in [3.63, 3.8) is 0 Å². The summed E-state index contributed by atoms with van der Waals surface area (Å²) in [6.07, 6.45) is 1.03. The largest absolute Gasteiger partial charge is 0.269 e. The van der Waals surface area contributed by atoms with Crippen molar-refractivity contribution in [3.8, 4) is 6.07 Å². The number of hydrogen-bond donors (Lipinski definition) is 1. The first-order chi connectivity index (χ1) is 12.1. The predicted octanol–water partition coefficient (Wildman–Crippen LogP) is 1.61. The van der Waals surface area contributed by atoms with E-state index in [0.29, 0.717) is 16.8 Å². The Balaban J connectivity index is 2.19. The van der Waals surface area contributed by atoms with Gasteiger partial charge in [-0.25, -0.2) is 21.6 Å². The number of sulfonamides is 2. The van der Waals surface area contributed by atoms with E-state index in [1.807, 2.05) is 6.07 Å². The lowest BCUT2D eigenvalue weighted by Gasteiger charge is -2.22. The van der Waals surface area contributed by atoms with E-state index in [9.17, 15) is 16.8 Å². The molecule has 0 saturated carbocycles. The summed E-state index contributed by atoms with van der Waals surface area (Å²) in [5.74, 6) is 0. The van der Waals surface area contributed by atoms with Crippen molar-refractivity contribution in [2.45, 2.75) is 11.8 Å². The fraction of sp³-hybridized carbons (Fsp3) is 0.235. The second-order valence-electron chi connectivity index (χ2n) is 5.66. The molecule has 0 aliphatic heterocycles. The molecule has 0 atom stereocenters. The highest BCUT2D eigenvalue weighted by atomic mass is 32.2. The third kappa shape index (κ3) is 4.82. The average Bonchev–Trinajstić information content (AvgIpc) is 2.58. The van der Waals surface area contributed by atoms with Crippen LogP contribution in [0.25, 0.3) is 0 Å². The minimum Gasteiger partial charge on any atom is -0.269 e. The number of nitrogens with one attached hydrogen (secondary N) is 1. The normalized spacial score (nSPS) is 11.7. The second kappa shape index (κ2) is 7.86. The minimum atomic E-state index is -3.75. The van der Waals surface area contributed by atoms with Crippen LogP contribution < -0.4 is 9.03 Å². The molecule has 0 amide bonds. The molecule has 0 aliphatic carbocycles. The van der Waals surface area contributed by atoms with Gasteiger partial charge in [-0.15, -0.1) is 0 Å². The zero-order valence-electron chi connectivity index (χ0n) is 14.4. The molecule has 7 nitrogen and oxygen atoms in total. The summed E-state index contributed by atoms with van der Waals surface area (Å²) in [6, 6.07) is 14.6. The smallest absolute Gasteiger partial charge is 0.240 e. The average molecular weight is 393 g/mol. The summed E-state index contributed by atoms with van der Waals surface area (Å²) in [5, 5.41) is 8.97. The molecule has 0 radical (unpaired) electrons. The Kier molecular flexibility index (Phi) is 6.02. The molecular formula is C17H19N3O4S2. The molecule has 9 heteroatoms. The Labute approximate surface area is 154 Å². The summed E-state index contributed by atoms with van der Waals surface area (Å²) < 4.78 is 52.4. The Hall–Kier alpha value is -2.41. The lowest BCUT2D eigenvalue weighted by atomic mass is 10.2. The van der Waals surface area contributed by atoms with Gasteiger partial charge in [0.25, 0.3) is 0 Å². The predicted molar refractivity (Wildman–Crippen MR) is 99.7 cm³/mol. The van der Waals surface area contributed by atoms with E-state index in [2.05, 4.69) is 4.72 Å².